The molecule has 0 fully saturated rings. The van der Waals surface area contributed by atoms with Crippen LogP contribution in [0.5, 0.6) is 11.5 Å². The van der Waals surface area contributed by atoms with E-state index in [4.69, 9.17) is 21.1 Å². The molecule has 3 rings (SSSR count). The van der Waals surface area contributed by atoms with E-state index in [1.165, 1.54) is 0 Å². The minimum Gasteiger partial charge on any atom is -0.497 e. The van der Waals surface area contributed by atoms with E-state index in [0.717, 1.165) is 4.90 Å². The Morgan fingerprint density at radius 2 is 1.68 bits per heavy atom. The van der Waals surface area contributed by atoms with Gasteiger partial charge in [-0.15, -0.1) is 0 Å². The number of halogens is 1. The monoisotopic (exact) mass is 357 g/mol. The molecule has 1 aliphatic heterocycles. The maximum atomic E-state index is 12.9. The molecule has 6 heteroatoms. The molecule has 1 heterocycles. The highest BCUT2D eigenvalue weighted by molar-refractivity contribution is 6.60. The largest absolute Gasteiger partial charge is 0.497 e. The standard InChI is InChI=1S/C19H16ClNO4/c1-3-25-15-7-5-4-6-14(15)21-18(22)16(17(20)19(21)23)12-8-10-13(24-2)11-9-12/h4-11H,3H2,1-2H3. The van der Waals surface area contributed by atoms with E-state index in [9.17, 15) is 9.59 Å². The Balaban J connectivity index is 2.02. The van der Waals surface area contributed by atoms with Crippen LogP contribution in [0.4, 0.5) is 5.69 Å². The molecule has 0 atom stereocenters. The summed E-state index contributed by atoms with van der Waals surface area (Å²) >= 11 is 6.20. The van der Waals surface area contributed by atoms with E-state index >= 15 is 0 Å². The maximum absolute atomic E-state index is 12.9. The van der Waals surface area contributed by atoms with Crippen LogP contribution in [-0.4, -0.2) is 25.5 Å². The number of carbonyl (C=O) groups excluding carboxylic acids is 2. The van der Waals surface area contributed by atoms with Crippen molar-refractivity contribution in [2.24, 2.45) is 0 Å². The molecule has 2 amide bonds. The van der Waals surface area contributed by atoms with Crippen molar-refractivity contribution in [3.8, 4) is 11.5 Å². The van der Waals surface area contributed by atoms with Gasteiger partial charge in [-0.05, 0) is 36.8 Å². The molecular weight excluding hydrogens is 342 g/mol. The number of carbonyl (C=O) groups is 2. The highest BCUT2D eigenvalue weighted by Gasteiger charge is 2.40. The van der Waals surface area contributed by atoms with Crippen LogP contribution in [-0.2, 0) is 9.59 Å². The highest BCUT2D eigenvalue weighted by atomic mass is 35.5. The Morgan fingerprint density at radius 1 is 1.00 bits per heavy atom. The van der Waals surface area contributed by atoms with Crippen molar-refractivity contribution in [3.05, 3.63) is 59.1 Å². The summed E-state index contributed by atoms with van der Waals surface area (Å²) in [5, 5.41) is -0.110. The minimum absolute atomic E-state index is 0.110. The Hall–Kier alpha value is -2.79. The van der Waals surface area contributed by atoms with E-state index in [0.29, 0.717) is 29.4 Å². The van der Waals surface area contributed by atoms with Gasteiger partial charge in [0.1, 0.15) is 16.5 Å². The number of benzene rings is 2. The number of nitrogens with zero attached hydrogens (tertiary/aromatic N) is 1. The predicted molar refractivity (Wildman–Crippen MR) is 95.9 cm³/mol. The molecule has 5 nitrogen and oxygen atoms in total. The van der Waals surface area contributed by atoms with Gasteiger partial charge in [0, 0.05) is 0 Å². The number of ether oxygens (including phenoxy) is 2. The first-order valence-corrected chi connectivity index (χ1v) is 8.11. The lowest BCUT2D eigenvalue weighted by Gasteiger charge is -2.18. The van der Waals surface area contributed by atoms with Gasteiger partial charge in [-0.2, -0.15) is 0 Å². The molecule has 0 bridgehead atoms. The Bertz CT molecular complexity index is 858. The lowest BCUT2D eigenvalue weighted by molar-refractivity contribution is -0.119. The van der Waals surface area contributed by atoms with Crippen LogP contribution >= 0.6 is 11.6 Å². The molecule has 0 unspecified atom stereocenters. The average molecular weight is 358 g/mol. The average Bonchev–Trinajstić information content (AvgIpc) is 2.85. The van der Waals surface area contributed by atoms with Crippen molar-refractivity contribution in [2.45, 2.75) is 6.92 Å². The van der Waals surface area contributed by atoms with Gasteiger partial charge in [0.05, 0.1) is 25.0 Å². The summed E-state index contributed by atoms with van der Waals surface area (Å²) in [6.45, 7) is 2.25. The van der Waals surface area contributed by atoms with E-state index in [1.807, 2.05) is 6.92 Å². The van der Waals surface area contributed by atoms with Gasteiger partial charge in [0.2, 0.25) is 0 Å². The molecule has 25 heavy (non-hydrogen) atoms. The third-order valence-electron chi connectivity index (χ3n) is 3.81. The number of hydrogen-bond donors (Lipinski definition) is 0. The molecule has 0 aliphatic carbocycles. The third-order valence-corrected chi connectivity index (χ3v) is 4.16. The summed E-state index contributed by atoms with van der Waals surface area (Å²) in [5.74, 6) is 0.0555. The van der Waals surface area contributed by atoms with Crippen LogP contribution < -0.4 is 14.4 Å². The first kappa shape index (κ1) is 17.0. The van der Waals surface area contributed by atoms with Crippen molar-refractivity contribution in [1.29, 1.82) is 0 Å². The Kier molecular flexibility index (Phi) is 4.76. The van der Waals surface area contributed by atoms with E-state index in [-0.39, 0.29) is 10.6 Å². The molecule has 0 N–H and O–H groups in total. The first-order valence-electron chi connectivity index (χ1n) is 7.73. The fourth-order valence-corrected chi connectivity index (χ4v) is 2.92. The van der Waals surface area contributed by atoms with Crippen LogP contribution in [0.15, 0.2) is 53.6 Å². The second-order valence-corrected chi connectivity index (χ2v) is 5.64. The first-order chi connectivity index (χ1) is 12.1. The third kappa shape index (κ3) is 2.98. The SMILES string of the molecule is CCOc1ccccc1N1C(=O)C(Cl)=C(c2ccc(OC)cc2)C1=O. The number of para-hydroxylation sites is 2. The maximum Gasteiger partial charge on any atom is 0.277 e. The smallest absolute Gasteiger partial charge is 0.277 e. The molecular formula is C19H16ClNO4. The van der Waals surface area contributed by atoms with Crippen LogP contribution in [0.1, 0.15) is 12.5 Å². The van der Waals surface area contributed by atoms with Crippen LogP contribution in [0.2, 0.25) is 0 Å². The lowest BCUT2D eigenvalue weighted by Crippen LogP contribution is -2.31. The molecule has 1 aliphatic rings. The van der Waals surface area contributed by atoms with Crippen LogP contribution in [0.25, 0.3) is 5.57 Å². The quantitative estimate of drug-likeness (QED) is 0.767. The van der Waals surface area contributed by atoms with Crippen LogP contribution in [0, 0.1) is 0 Å². The zero-order valence-electron chi connectivity index (χ0n) is 13.8. The second-order valence-electron chi connectivity index (χ2n) is 5.26. The summed E-state index contributed by atoms with van der Waals surface area (Å²) in [5.41, 5.74) is 1.10. The van der Waals surface area contributed by atoms with E-state index < -0.39 is 11.8 Å². The van der Waals surface area contributed by atoms with Gasteiger partial charge >= 0.3 is 0 Å². The van der Waals surface area contributed by atoms with Gasteiger partial charge in [-0.1, -0.05) is 35.9 Å². The Labute approximate surface area is 150 Å². The van der Waals surface area contributed by atoms with Gasteiger partial charge in [0.25, 0.3) is 11.8 Å². The molecule has 128 valence electrons. The van der Waals surface area contributed by atoms with Crippen molar-refractivity contribution in [1.82, 2.24) is 0 Å². The minimum atomic E-state index is -0.565. The lowest BCUT2D eigenvalue weighted by atomic mass is 10.1. The van der Waals surface area contributed by atoms with Crippen molar-refractivity contribution in [2.75, 3.05) is 18.6 Å². The molecule has 0 spiro atoms. The van der Waals surface area contributed by atoms with Crippen molar-refractivity contribution in [3.63, 3.8) is 0 Å². The van der Waals surface area contributed by atoms with Crippen molar-refractivity contribution >= 4 is 34.7 Å². The van der Waals surface area contributed by atoms with Gasteiger partial charge < -0.3 is 9.47 Å². The molecule has 2 aromatic rings. The summed E-state index contributed by atoms with van der Waals surface area (Å²) < 4.78 is 10.6. The summed E-state index contributed by atoms with van der Waals surface area (Å²) in [6, 6.07) is 13.7. The van der Waals surface area contributed by atoms with E-state index in [2.05, 4.69) is 0 Å². The number of rotatable bonds is 5. The molecule has 0 saturated heterocycles. The highest BCUT2D eigenvalue weighted by Crippen LogP contribution is 2.38. The second kappa shape index (κ2) is 6.99. The summed E-state index contributed by atoms with van der Waals surface area (Å²) in [7, 11) is 1.55. The zero-order chi connectivity index (χ0) is 18.0. The molecule has 0 saturated carbocycles. The zero-order valence-corrected chi connectivity index (χ0v) is 14.5. The molecule has 2 aromatic carbocycles. The van der Waals surface area contributed by atoms with Gasteiger partial charge in [-0.25, -0.2) is 4.90 Å². The predicted octanol–water partition coefficient (Wildman–Crippen LogP) is 3.62. The number of amides is 2. The van der Waals surface area contributed by atoms with E-state index in [1.54, 1.807) is 55.6 Å². The number of imide groups is 1. The Morgan fingerprint density at radius 3 is 2.32 bits per heavy atom. The normalized spacial score (nSPS) is 14.3. The summed E-state index contributed by atoms with van der Waals surface area (Å²) in [4.78, 5) is 26.6. The summed E-state index contributed by atoms with van der Waals surface area (Å²) in [6.07, 6.45) is 0. The fraction of sp³-hybridized carbons (Fsp3) is 0.158. The fourth-order valence-electron chi connectivity index (χ4n) is 2.65. The topological polar surface area (TPSA) is 55.8 Å². The number of hydrogen-bond acceptors (Lipinski definition) is 4. The van der Waals surface area contributed by atoms with Crippen LogP contribution in [0.3, 0.4) is 0 Å². The molecule has 0 radical (unpaired) electrons. The number of methoxy groups -OCH3 is 1. The van der Waals surface area contributed by atoms with Gasteiger partial charge in [0.15, 0.2) is 0 Å². The van der Waals surface area contributed by atoms with Crippen molar-refractivity contribution < 1.29 is 19.1 Å². The van der Waals surface area contributed by atoms with Gasteiger partial charge in [-0.3, -0.25) is 9.59 Å². The number of anilines is 1. The molecule has 0 aromatic heterocycles.